The van der Waals surface area contributed by atoms with Crippen LogP contribution in [0.25, 0.3) is 6.08 Å². The SMILES string of the molecule is CCOC(=O)/C=C/c1ccc(NC(=O)C2CC2)cc1. The number of carbonyl (C=O) groups is 2. The third-order valence-corrected chi connectivity index (χ3v) is 2.82. The molecule has 2 rings (SSSR count). The summed E-state index contributed by atoms with van der Waals surface area (Å²) >= 11 is 0. The van der Waals surface area contributed by atoms with E-state index < -0.39 is 0 Å². The second-order valence-electron chi connectivity index (χ2n) is 4.47. The Morgan fingerprint density at radius 1 is 1.32 bits per heavy atom. The van der Waals surface area contributed by atoms with Crippen molar-refractivity contribution < 1.29 is 14.3 Å². The van der Waals surface area contributed by atoms with Crippen LogP contribution in [0.15, 0.2) is 30.3 Å². The number of nitrogens with one attached hydrogen (secondary N) is 1. The molecule has 0 bridgehead atoms. The summed E-state index contributed by atoms with van der Waals surface area (Å²) in [6.07, 6.45) is 5.06. The summed E-state index contributed by atoms with van der Waals surface area (Å²) in [4.78, 5) is 22.7. The fraction of sp³-hybridized carbons (Fsp3) is 0.333. The van der Waals surface area contributed by atoms with Crippen LogP contribution >= 0.6 is 0 Å². The molecule has 0 saturated heterocycles. The van der Waals surface area contributed by atoms with Gasteiger partial charge in [-0.1, -0.05) is 12.1 Å². The fourth-order valence-corrected chi connectivity index (χ4v) is 1.62. The van der Waals surface area contributed by atoms with Crippen LogP contribution in [0.3, 0.4) is 0 Å². The zero-order valence-corrected chi connectivity index (χ0v) is 10.9. The Kier molecular flexibility index (Phi) is 4.34. The molecule has 0 radical (unpaired) electrons. The average molecular weight is 259 g/mol. The number of ether oxygens (including phenoxy) is 1. The molecule has 1 aromatic rings. The Morgan fingerprint density at radius 3 is 2.58 bits per heavy atom. The van der Waals surface area contributed by atoms with Gasteiger partial charge in [-0.25, -0.2) is 4.79 Å². The zero-order chi connectivity index (χ0) is 13.7. The second kappa shape index (κ2) is 6.18. The average Bonchev–Trinajstić information content (AvgIpc) is 3.22. The maximum absolute atomic E-state index is 11.6. The summed E-state index contributed by atoms with van der Waals surface area (Å²) < 4.78 is 4.79. The molecule has 1 fully saturated rings. The molecule has 0 unspecified atom stereocenters. The summed E-state index contributed by atoms with van der Waals surface area (Å²) in [7, 11) is 0. The van der Waals surface area contributed by atoms with E-state index in [4.69, 9.17) is 4.74 Å². The topological polar surface area (TPSA) is 55.4 Å². The van der Waals surface area contributed by atoms with E-state index in [1.54, 1.807) is 13.0 Å². The number of hydrogen-bond donors (Lipinski definition) is 1. The number of benzene rings is 1. The normalized spacial score (nSPS) is 14.4. The van der Waals surface area contributed by atoms with Gasteiger partial charge in [-0.2, -0.15) is 0 Å². The number of rotatable bonds is 5. The first kappa shape index (κ1) is 13.3. The smallest absolute Gasteiger partial charge is 0.330 e. The number of esters is 1. The molecule has 1 amide bonds. The molecule has 100 valence electrons. The molecule has 19 heavy (non-hydrogen) atoms. The highest BCUT2D eigenvalue weighted by atomic mass is 16.5. The molecule has 4 heteroatoms. The van der Waals surface area contributed by atoms with E-state index in [2.05, 4.69) is 5.32 Å². The van der Waals surface area contributed by atoms with Gasteiger partial charge in [-0.15, -0.1) is 0 Å². The number of hydrogen-bond acceptors (Lipinski definition) is 3. The number of carbonyl (C=O) groups excluding carboxylic acids is 2. The van der Waals surface area contributed by atoms with E-state index in [1.165, 1.54) is 6.08 Å². The first-order valence-electron chi connectivity index (χ1n) is 6.45. The zero-order valence-electron chi connectivity index (χ0n) is 10.9. The monoisotopic (exact) mass is 259 g/mol. The van der Waals surface area contributed by atoms with Crippen LogP contribution in [-0.2, 0) is 14.3 Å². The van der Waals surface area contributed by atoms with Gasteiger partial charge in [-0.3, -0.25) is 4.79 Å². The van der Waals surface area contributed by atoms with E-state index in [9.17, 15) is 9.59 Å². The Morgan fingerprint density at radius 2 is 2.00 bits per heavy atom. The van der Waals surface area contributed by atoms with Crippen molar-refractivity contribution in [3.05, 3.63) is 35.9 Å². The summed E-state index contributed by atoms with van der Waals surface area (Å²) in [5.41, 5.74) is 1.67. The molecular formula is C15H17NO3. The summed E-state index contributed by atoms with van der Waals surface area (Å²) in [5, 5.41) is 2.86. The summed E-state index contributed by atoms with van der Waals surface area (Å²) in [5.74, 6) is -0.0631. The van der Waals surface area contributed by atoms with Gasteiger partial charge in [-0.05, 0) is 43.5 Å². The first-order valence-corrected chi connectivity index (χ1v) is 6.45. The van der Waals surface area contributed by atoms with Crippen LogP contribution in [-0.4, -0.2) is 18.5 Å². The van der Waals surface area contributed by atoms with E-state index in [0.717, 1.165) is 24.1 Å². The molecular weight excluding hydrogens is 242 g/mol. The quantitative estimate of drug-likeness (QED) is 0.653. The van der Waals surface area contributed by atoms with Gasteiger partial charge in [0.05, 0.1) is 6.61 Å². The largest absolute Gasteiger partial charge is 0.463 e. The third-order valence-electron chi connectivity index (χ3n) is 2.82. The van der Waals surface area contributed by atoms with Crippen LogP contribution in [0.2, 0.25) is 0 Å². The predicted octanol–water partition coefficient (Wildman–Crippen LogP) is 2.61. The molecule has 0 atom stereocenters. The van der Waals surface area contributed by atoms with Crippen molar-refractivity contribution in [1.82, 2.24) is 0 Å². The lowest BCUT2D eigenvalue weighted by atomic mass is 10.2. The molecule has 1 saturated carbocycles. The number of amides is 1. The Bertz CT molecular complexity index is 487. The molecule has 0 heterocycles. The Labute approximate surface area is 112 Å². The third kappa shape index (κ3) is 4.25. The predicted molar refractivity (Wildman–Crippen MR) is 73.5 cm³/mol. The van der Waals surface area contributed by atoms with Crippen LogP contribution in [0.5, 0.6) is 0 Å². The maximum atomic E-state index is 11.6. The maximum Gasteiger partial charge on any atom is 0.330 e. The molecule has 1 N–H and O–H groups in total. The Balaban J connectivity index is 1.90. The standard InChI is InChI=1S/C15H17NO3/c1-2-19-14(17)10-5-11-3-8-13(9-4-11)16-15(18)12-6-7-12/h3-5,8-10,12H,2,6-7H2,1H3,(H,16,18)/b10-5+. The van der Waals surface area contributed by atoms with Gasteiger partial charge >= 0.3 is 5.97 Å². The van der Waals surface area contributed by atoms with Crippen molar-refractivity contribution in [1.29, 1.82) is 0 Å². The molecule has 0 aliphatic heterocycles. The highest BCUT2D eigenvalue weighted by molar-refractivity contribution is 5.94. The highest BCUT2D eigenvalue weighted by Gasteiger charge is 2.29. The van der Waals surface area contributed by atoms with Gasteiger partial charge in [0, 0.05) is 17.7 Å². The molecule has 1 aliphatic carbocycles. The minimum absolute atomic E-state index is 0.0924. The first-order chi connectivity index (χ1) is 9.19. The van der Waals surface area contributed by atoms with Gasteiger partial charge in [0.1, 0.15) is 0 Å². The van der Waals surface area contributed by atoms with Crippen molar-refractivity contribution >= 4 is 23.6 Å². The Hall–Kier alpha value is -2.10. The summed E-state index contributed by atoms with van der Waals surface area (Å²) in [6.45, 7) is 2.14. The van der Waals surface area contributed by atoms with Gasteiger partial charge in [0.15, 0.2) is 0 Å². The molecule has 1 aromatic carbocycles. The van der Waals surface area contributed by atoms with Gasteiger partial charge in [0.2, 0.25) is 5.91 Å². The van der Waals surface area contributed by atoms with Gasteiger partial charge < -0.3 is 10.1 Å². The van der Waals surface area contributed by atoms with Gasteiger partial charge in [0.25, 0.3) is 0 Å². The molecule has 0 spiro atoms. The van der Waals surface area contributed by atoms with Crippen molar-refractivity contribution in [2.24, 2.45) is 5.92 Å². The van der Waals surface area contributed by atoms with E-state index in [-0.39, 0.29) is 17.8 Å². The molecule has 0 aromatic heterocycles. The lowest BCUT2D eigenvalue weighted by Crippen LogP contribution is -2.12. The summed E-state index contributed by atoms with van der Waals surface area (Å²) in [6, 6.07) is 7.34. The minimum Gasteiger partial charge on any atom is -0.463 e. The lowest BCUT2D eigenvalue weighted by molar-refractivity contribution is -0.137. The van der Waals surface area contributed by atoms with Crippen LogP contribution < -0.4 is 5.32 Å². The van der Waals surface area contributed by atoms with Crippen LogP contribution in [0, 0.1) is 5.92 Å². The molecule has 4 nitrogen and oxygen atoms in total. The fourth-order valence-electron chi connectivity index (χ4n) is 1.62. The van der Waals surface area contributed by atoms with Crippen molar-refractivity contribution in [3.8, 4) is 0 Å². The molecule has 1 aliphatic rings. The van der Waals surface area contributed by atoms with E-state index in [0.29, 0.717) is 6.61 Å². The van der Waals surface area contributed by atoms with Crippen LogP contribution in [0.4, 0.5) is 5.69 Å². The van der Waals surface area contributed by atoms with Crippen molar-refractivity contribution in [3.63, 3.8) is 0 Å². The lowest BCUT2D eigenvalue weighted by Gasteiger charge is -2.04. The van der Waals surface area contributed by atoms with E-state index >= 15 is 0 Å². The van der Waals surface area contributed by atoms with Crippen LogP contribution in [0.1, 0.15) is 25.3 Å². The number of anilines is 1. The van der Waals surface area contributed by atoms with Crippen molar-refractivity contribution in [2.75, 3.05) is 11.9 Å². The minimum atomic E-state index is -0.353. The second-order valence-corrected chi connectivity index (χ2v) is 4.47. The van der Waals surface area contributed by atoms with Crippen molar-refractivity contribution in [2.45, 2.75) is 19.8 Å². The highest BCUT2D eigenvalue weighted by Crippen LogP contribution is 2.30. The van der Waals surface area contributed by atoms with E-state index in [1.807, 2.05) is 24.3 Å².